The fraction of sp³-hybridized carbons (Fsp3) is 0.613. The molecule has 7 atom stereocenters. The largest absolute Gasteiger partial charge is 0.393 e. The quantitative estimate of drug-likeness (QED) is 0.470. The van der Waals surface area contributed by atoms with Gasteiger partial charge in [0.1, 0.15) is 0 Å². The van der Waals surface area contributed by atoms with Crippen molar-refractivity contribution >= 4 is 0 Å². The maximum absolute atomic E-state index is 10.7. The van der Waals surface area contributed by atoms with Crippen molar-refractivity contribution in [1.29, 1.82) is 0 Å². The zero-order chi connectivity index (χ0) is 22.7. The number of aliphatic hydroxyl groups excluding tert-OH is 1. The minimum atomic E-state index is -0.187. The summed E-state index contributed by atoms with van der Waals surface area (Å²) in [6.45, 7) is 12.0. The molecule has 1 aromatic rings. The van der Waals surface area contributed by atoms with Crippen molar-refractivity contribution in [3.63, 3.8) is 0 Å². The minimum absolute atomic E-state index is 0.0415. The molecule has 0 saturated heterocycles. The fourth-order valence-electron chi connectivity index (χ4n) is 8.36. The van der Waals surface area contributed by atoms with Crippen LogP contribution in [0.4, 0.5) is 0 Å². The number of hydrogen-bond acceptors (Lipinski definition) is 1. The molecule has 0 bridgehead atoms. The van der Waals surface area contributed by atoms with Crippen LogP contribution >= 0.6 is 0 Å². The Labute approximate surface area is 195 Å². The molecule has 2 saturated carbocycles. The Kier molecular flexibility index (Phi) is 5.25. The third-order valence-corrected chi connectivity index (χ3v) is 10.3. The van der Waals surface area contributed by atoms with Gasteiger partial charge in [-0.15, -0.1) is 0 Å². The molecular formula is C31H40O. The first kappa shape index (κ1) is 22.0. The van der Waals surface area contributed by atoms with Gasteiger partial charge >= 0.3 is 0 Å². The molecule has 1 N–H and O–H groups in total. The molecule has 5 rings (SSSR count). The first-order chi connectivity index (χ1) is 15.2. The fourth-order valence-corrected chi connectivity index (χ4v) is 8.36. The summed E-state index contributed by atoms with van der Waals surface area (Å²) in [5.74, 6) is 9.23. The molecule has 0 amide bonds. The molecule has 4 aliphatic rings. The van der Waals surface area contributed by atoms with Crippen LogP contribution in [0.15, 0.2) is 53.6 Å². The molecular weight excluding hydrogens is 388 g/mol. The van der Waals surface area contributed by atoms with Crippen molar-refractivity contribution in [2.45, 2.75) is 79.2 Å². The van der Waals surface area contributed by atoms with E-state index in [0.717, 1.165) is 18.4 Å². The van der Waals surface area contributed by atoms with E-state index in [4.69, 9.17) is 0 Å². The van der Waals surface area contributed by atoms with Crippen LogP contribution in [-0.2, 0) is 0 Å². The normalized spacial score (nSPS) is 40.6. The third-order valence-electron chi connectivity index (χ3n) is 10.3. The van der Waals surface area contributed by atoms with E-state index in [9.17, 15) is 5.11 Å². The Morgan fingerprint density at radius 3 is 2.50 bits per heavy atom. The van der Waals surface area contributed by atoms with Gasteiger partial charge < -0.3 is 5.11 Å². The van der Waals surface area contributed by atoms with Gasteiger partial charge in [-0.3, -0.25) is 0 Å². The number of aliphatic hydroxyl groups is 1. The van der Waals surface area contributed by atoms with E-state index in [1.165, 1.54) is 25.7 Å². The molecule has 0 aliphatic heterocycles. The van der Waals surface area contributed by atoms with Crippen molar-refractivity contribution < 1.29 is 5.11 Å². The van der Waals surface area contributed by atoms with Gasteiger partial charge in [-0.05, 0) is 90.2 Å². The standard InChI is InChI=1S/C31H40O/c1-21(11-12-22-9-7-6-8-10-22)24-14-15-25-23-13-16-27-29(2,3)28(32)18-20-31(27,5)26(23)17-19-30(24,25)4/h6-10,13,16,21,24,26-28,32H,14-15,17-20H2,1-5H3/t21-,24-,26+,27+,28+,30-,31-/m1/s1. The van der Waals surface area contributed by atoms with Crippen LogP contribution in [0.25, 0.3) is 0 Å². The zero-order valence-corrected chi connectivity index (χ0v) is 20.6. The highest BCUT2D eigenvalue weighted by Gasteiger charge is 2.58. The maximum atomic E-state index is 10.7. The molecule has 0 spiro atoms. The summed E-state index contributed by atoms with van der Waals surface area (Å²) in [6.07, 6.45) is 12.0. The molecule has 170 valence electrons. The molecule has 0 heterocycles. The Morgan fingerprint density at radius 2 is 1.75 bits per heavy atom. The van der Waals surface area contributed by atoms with Gasteiger partial charge in [0.05, 0.1) is 6.10 Å². The highest BCUT2D eigenvalue weighted by Crippen LogP contribution is 2.66. The van der Waals surface area contributed by atoms with Crippen molar-refractivity contribution in [2.75, 3.05) is 0 Å². The Hall–Kier alpha value is -1.78. The van der Waals surface area contributed by atoms with Gasteiger partial charge in [-0.2, -0.15) is 0 Å². The van der Waals surface area contributed by atoms with Gasteiger partial charge in [0.2, 0.25) is 0 Å². The van der Waals surface area contributed by atoms with E-state index in [-0.39, 0.29) is 22.3 Å². The van der Waals surface area contributed by atoms with Gasteiger partial charge in [-0.1, -0.05) is 82.4 Å². The zero-order valence-electron chi connectivity index (χ0n) is 20.6. The van der Waals surface area contributed by atoms with E-state index in [1.807, 2.05) is 0 Å². The molecule has 4 aliphatic carbocycles. The van der Waals surface area contributed by atoms with Gasteiger partial charge in [0, 0.05) is 11.5 Å². The van der Waals surface area contributed by atoms with E-state index >= 15 is 0 Å². The van der Waals surface area contributed by atoms with Gasteiger partial charge in [-0.25, -0.2) is 0 Å². The monoisotopic (exact) mass is 428 g/mol. The summed E-state index contributed by atoms with van der Waals surface area (Å²) in [7, 11) is 0. The number of benzene rings is 1. The minimum Gasteiger partial charge on any atom is -0.393 e. The molecule has 1 nitrogen and oxygen atoms in total. The molecule has 0 unspecified atom stereocenters. The van der Waals surface area contributed by atoms with Crippen LogP contribution in [0.1, 0.15) is 78.7 Å². The van der Waals surface area contributed by atoms with Crippen LogP contribution in [0, 0.1) is 51.8 Å². The average Bonchev–Trinajstić information content (AvgIpc) is 3.13. The van der Waals surface area contributed by atoms with Crippen LogP contribution in [-0.4, -0.2) is 11.2 Å². The maximum Gasteiger partial charge on any atom is 0.0597 e. The first-order valence-electron chi connectivity index (χ1n) is 12.8. The average molecular weight is 429 g/mol. The van der Waals surface area contributed by atoms with E-state index < -0.39 is 0 Å². The Morgan fingerprint density at radius 1 is 1.00 bits per heavy atom. The van der Waals surface area contributed by atoms with Gasteiger partial charge in [0.25, 0.3) is 0 Å². The van der Waals surface area contributed by atoms with E-state index in [1.54, 1.807) is 11.1 Å². The van der Waals surface area contributed by atoms with Crippen molar-refractivity contribution in [1.82, 2.24) is 0 Å². The highest BCUT2D eigenvalue weighted by atomic mass is 16.3. The molecule has 2 fully saturated rings. The second kappa shape index (κ2) is 7.63. The van der Waals surface area contributed by atoms with Crippen molar-refractivity contribution in [2.24, 2.45) is 39.9 Å². The SMILES string of the molecule is C[C@H](C#Cc1ccccc1)[C@H]1CCC2=C3C=C[C@H]4C(C)(C)[C@@H](O)CC[C@]4(C)[C@H]3CC[C@@]21C. The summed E-state index contributed by atoms with van der Waals surface area (Å²) in [6, 6.07) is 10.4. The Bertz CT molecular complexity index is 1000. The van der Waals surface area contributed by atoms with E-state index in [0.29, 0.717) is 23.7 Å². The second-order valence-electron chi connectivity index (χ2n) is 12.2. The lowest BCUT2D eigenvalue weighted by Crippen LogP contribution is -2.54. The number of rotatable bonds is 1. The first-order valence-corrected chi connectivity index (χ1v) is 12.8. The van der Waals surface area contributed by atoms with Crippen LogP contribution in [0.5, 0.6) is 0 Å². The molecule has 32 heavy (non-hydrogen) atoms. The Balaban J connectivity index is 1.47. The predicted molar refractivity (Wildman–Crippen MR) is 133 cm³/mol. The van der Waals surface area contributed by atoms with Gasteiger partial charge in [0.15, 0.2) is 0 Å². The lowest BCUT2D eigenvalue weighted by molar-refractivity contribution is -0.0975. The summed E-state index contributed by atoms with van der Waals surface area (Å²) in [5, 5.41) is 10.7. The second-order valence-corrected chi connectivity index (χ2v) is 12.2. The smallest absolute Gasteiger partial charge is 0.0597 e. The topological polar surface area (TPSA) is 20.2 Å². The number of allylic oxidation sites excluding steroid dienone is 4. The lowest BCUT2D eigenvalue weighted by Gasteiger charge is -2.59. The number of hydrogen-bond donors (Lipinski definition) is 1. The summed E-state index contributed by atoms with van der Waals surface area (Å²) in [5.41, 5.74) is 5.05. The molecule has 1 heteroatoms. The van der Waals surface area contributed by atoms with Crippen LogP contribution < -0.4 is 0 Å². The van der Waals surface area contributed by atoms with Crippen molar-refractivity contribution in [3.05, 3.63) is 59.2 Å². The molecule has 0 aromatic heterocycles. The third kappa shape index (κ3) is 3.17. The molecule has 0 radical (unpaired) electrons. The van der Waals surface area contributed by atoms with Crippen molar-refractivity contribution in [3.8, 4) is 11.8 Å². The van der Waals surface area contributed by atoms with Crippen LogP contribution in [0.2, 0.25) is 0 Å². The van der Waals surface area contributed by atoms with Crippen LogP contribution in [0.3, 0.4) is 0 Å². The van der Waals surface area contributed by atoms with E-state index in [2.05, 4.69) is 88.9 Å². The summed E-state index contributed by atoms with van der Waals surface area (Å²) >= 11 is 0. The predicted octanol–water partition coefficient (Wildman–Crippen LogP) is 7.17. The summed E-state index contributed by atoms with van der Waals surface area (Å²) in [4.78, 5) is 0. The summed E-state index contributed by atoms with van der Waals surface area (Å²) < 4.78 is 0. The lowest BCUT2D eigenvalue weighted by atomic mass is 9.46. The molecule has 1 aromatic carbocycles. The number of fused-ring (bicyclic) bond motifs is 4. The highest BCUT2D eigenvalue weighted by molar-refractivity contribution is 5.43.